The van der Waals surface area contributed by atoms with Gasteiger partial charge < -0.3 is 15.1 Å². The summed E-state index contributed by atoms with van der Waals surface area (Å²) in [7, 11) is 0. The van der Waals surface area contributed by atoms with Crippen molar-refractivity contribution in [1.82, 2.24) is 20.0 Å². The van der Waals surface area contributed by atoms with Crippen molar-refractivity contribution >= 4 is 23.8 Å². The summed E-state index contributed by atoms with van der Waals surface area (Å²) >= 11 is 0. The van der Waals surface area contributed by atoms with Crippen LogP contribution >= 0.6 is 0 Å². The lowest BCUT2D eigenvalue weighted by Crippen LogP contribution is -2.57. The number of likely N-dealkylation sites (tertiary alicyclic amines) is 2. The highest BCUT2D eigenvalue weighted by Crippen LogP contribution is 2.33. The van der Waals surface area contributed by atoms with Crippen LogP contribution in [0, 0.1) is 11.8 Å². The number of piperidine rings is 2. The monoisotopic (exact) mass is 446 g/mol. The highest BCUT2D eigenvalue weighted by molar-refractivity contribution is 6.07. The summed E-state index contributed by atoms with van der Waals surface area (Å²) in [4.78, 5) is 56.6. The molecule has 0 aromatic carbocycles. The molecule has 4 fully saturated rings. The van der Waals surface area contributed by atoms with E-state index in [1.165, 1.54) is 24.2 Å². The molecular weight excluding hydrogens is 408 g/mol. The second-order valence-electron chi connectivity index (χ2n) is 10.5. The Morgan fingerprint density at radius 2 is 1.66 bits per heavy atom. The van der Waals surface area contributed by atoms with Gasteiger partial charge in [0.15, 0.2) is 0 Å². The van der Waals surface area contributed by atoms with Gasteiger partial charge in [-0.05, 0) is 44.4 Å². The number of amides is 5. The normalized spacial score (nSPS) is 26.7. The fourth-order valence-electron chi connectivity index (χ4n) is 5.94. The van der Waals surface area contributed by atoms with Gasteiger partial charge in [-0.1, -0.05) is 33.1 Å². The lowest BCUT2D eigenvalue weighted by molar-refractivity contribution is -0.142. The number of carbonyl (C=O) groups excluding carboxylic acids is 4. The zero-order valence-corrected chi connectivity index (χ0v) is 19.6. The van der Waals surface area contributed by atoms with E-state index >= 15 is 0 Å². The summed E-state index contributed by atoms with van der Waals surface area (Å²) in [6.45, 7) is 5.87. The average Bonchev–Trinajstić information content (AvgIpc) is 3.03. The van der Waals surface area contributed by atoms with E-state index in [1.807, 2.05) is 18.7 Å². The van der Waals surface area contributed by atoms with Gasteiger partial charge in [-0.15, -0.1) is 0 Å². The minimum absolute atomic E-state index is 0.0752. The summed E-state index contributed by atoms with van der Waals surface area (Å²) in [6.07, 6.45) is 9.00. The van der Waals surface area contributed by atoms with Crippen molar-refractivity contribution < 1.29 is 19.2 Å². The smallest absolute Gasteiger partial charge is 0.325 e. The summed E-state index contributed by atoms with van der Waals surface area (Å²) in [5.74, 6) is 0.492. The Bertz CT molecular complexity index is 753. The van der Waals surface area contributed by atoms with Crippen molar-refractivity contribution in [1.29, 1.82) is 0 Å². The molecule has 32 heavy (non-hydrogen) atoms. The molecule has 4 rings (SSSR count). The molecule has 5 amide bonds. The van der Waals surface area contributed by atoms with E-state index in [9.17, 15) is 19.2 Å². The number of hydrogen-bond donors (Lipinski definition) is 1. The van der Waals surface area contributed by atoms with E-state index in [0.29, 0.717) is 51.4 Å². The van der Waals surface area contributed by atoms with Gasteiger partial charge >= 0.3 is 6.03 Å². The highest BCUT2D eigenvalue weighted by Gasteiger charge is 2.55. The minimum atomic E-state index is -0.904. The quantitative estimate of drug-likeness (QED) is 0.672. The maximum absolute atomic E-state index is 13.4. The second-order valence-corrected chi connectivity index (χ2v) is 10.5. The van der Waals surface area contributed by atoms with Crippen LogP contribution in [0.2, 0.25) is 0 Å². The fourth-order valence-corrected chi connectivity index (χ4v) is 5.94. The molecule has 4 aliphatic rings. The molecular formula is C24H38N4O4. The number of imide groups is 1. The van der Waals surface area contributed by atoms with Gasteiger partial charge in [-0.3, -0.25) is 19.3 Å². The third-order valence-electron chi connectivity index (χ3n) is 7.92. The van der Waals surface area contributed by atoms with Crippen LogP contribution in [0.15, 0.2) is 0 Å². The Morgan fingerprint density at radius 1 is 0.969 bits per heavy atom. The Morgan fingerprint density at radius 3 is 2.31 bits per heavy atom. The third kappa shape index (κ3) is 4.50. The van der Waals surface area contributed by atoms with Gasteiger partial charge in [0.1, 0.15) is 5.54 Å². The molecule has 1 spiro atoms. The number of nitrogens with zero attached hydrogens (tertiary/aromatic N) is 3. The van der Waals surface area contributed by atoms with Gasteiger partial charge in [-0.2, -0.15) is 0 Å². The van der Waals surface area contributed by atoms with Crippen molar-refractivity contribution in [3.05, 3.63) is 0 Å². The molecule has 1 aliphatic carbocycles. The van der Waals surface area contributed by atoms with Gasteiger partial charge in [0, 0.05) is 38.5 Å². The van der Waals surface area contributed by atoms with E-state index in [-0.39, 0.29) is 35.7 Å². The molecule has 3 aliphatic heterocycles. The molecule has 0 unspecified atom stereocenters. The molecule has 1 atom stereocenters. The van der Waals surface area contributed by atoms with Crippen molar-refractivity contribution in [3.63, 3.8) is 0 Å². The zero-order chi connectivity index (χ0) is 22.9. The molecule has 0 radical (unpaired) electrons. The molecule has 0 bridgehead atoms. The van der Waals surface area contributed by atoms with Crippen LogP contribution in [0.3, 0.4) is 0 Å². The van der Waals surface area contributed by atoms with E-state index in [0.717, 1.165) is 25.7 Å². The van der Waals surface area contributed by atoms with Gasteiger partial charge in [0.2, 0.25) is 11.8 Å². The molecule has 0 aromatic heterocycles. The SMILES string of the molecule is CC(C)C(=O)N1CCC2(CC1)NC(=O)N([C@H]1CCCN(C(=O)CC3CCCCC3)C1)C2=O. The predicted molar refractivity (Wildman–Crippen MR) is 120 cm³/mol. The maximum Gasteiger partial charge on any atom is 0.325 e. The molecule has 3 heterocycles. The van der Waals surface area contributed by atoms with Crippen molar-refractivity contribution in [2.24, 2.45) is 11.8 Å². The molecule has 1 saturated carbocycles. The Labute approximate surface area is 191 Å². The van der Waals surface area contributed by atoms with Gasteiger partial charge in [0.05, 0.1) is 6.04 Å². The Hall–Kier alpha value is -2.12. The van der Waals surface area contributed by atoms with Crippen LogP contribution in [-0.2, 0) is 14.4 Å². The number of nitrogens with one attached hydrogen (secondary N) is 1. The summed E-state index contributed by atoms with van der Waals surface area (Å²) in [6, 6.07) is -0.605. The van der Waals surface area contributed by atoms with Crippen LogP contribution in [0.4, 0.5) is 4.79 Å². The molecule has 8 heteroatoms. The first-order chi connectivity index (χ1) is 15.3. The Kier molecular flexibility index (Phi) is 6.77. The predicted octanol–water partition coefficient (Wildman–Crippen LogP) is 2.52. The lowest BCUT2D eigenvalue weighted by atomic mass is 9.86. The van der Waals surface area contributed by atoms with Gasteiger partial charge in [0.25, 0.3) is 5.91 Å². The van der Waals surface area contributed by atoms with E-state index in [2.05, 4.69) is 5.32 Å². The summed E-state index contributed by atoms with van der Waals surface area (Å²) < 4.78 is 0. The van der Waals surface area contributed by atoms with Crippen molar-refractivity contribution in [3.8, 4) is 0 Å². The number of urea groups is 1. The van der Waals surface area contributed by atoms with Gasteiger partial charge in [-0.25, -0.2) is 4.79 Å². The van der Waals surface area contributed by atoms with Crippen LogP contribution < -0.4 is 5.32 Å². The third-order valence-corrected chi connectivity index (χ3v) is 7.92. The van der Waals surface area contributed by atoms with Crippen LogP contribution in [-0.4, -0.2) is 76.2 Å². The summed E-state index contributed by atoms with van der Waals surface area (Å²) in [5.41, 5.74) is -0.904. The van der Waals surface area contributed by atoms with E-state index < -0.39 is 5.54 Å². The second kappa shape index (κ2) is 9.40. The standard InChI is InChI=1S/C24H38N4O4/c1-17(2)21(30)26-13-10-24(11-14-26)22(31)28(23(32)25-24)19-9-6-12-27(16-19)20(29)15-18-7-4-3-5-8-18/h17-19H,3-16H2,1-2H3,(H,25,32)/t19-/m0/s1. The largest absolute Gasteiger partial charge is 0.342 e. The van der Waals surface area contributed by atoms with Crippen molar-refractivity contribution in [2.75, 3.05) is 26.2 Å². The number of hydrogen-bond acceptors (Lipinski definition) is 4. The first-order valence-electron chi connectivity index (χ1n) is 12.5. The van der Waals surface area contributed by atoms with Crippen LogP contribution in [0.1, 0.15) is 78.1 Å². The number of carbonyl (C=O) groups is 4. The summed E-state index contributed by atoms with van der Waals surface area (Å²) in [5, 5.41) is 2.96. The molecule has 1 N–H and O–H groups in total. The van der Waals surface area contributed by atoms with Crippen LogP contribution in [0.25, 0.3) is 0 Å². The lowest BCUT2D eigenvalue weighted by Gasteiger charge is -2.39. The maximum atomic E-state index is 13.4. The zero-order valence-electron chi connectivity index (χ0n) is 19.6. The van der Waals surface area contributed by atoms with E-state index in [4.69, 9.17) is 0 Å². The van der Waals surface area contributed by atoms with Crippen molar-refractivity contribution in [2.45, 2.75) is 89.6 Å². The first kappa shape index (κ1) is 23.1. The molecule has 3 saturated heterocycles. The molecule has 178 valence electrons. The minimum Gasteiger partial charge on any atom is -0.342 e. The van der Waals surface area contributed by atoms with E-state index in [1.54, 1.807) is 4.90 Å². The molecule has 0 aromatic rings. The Balaban J connectivity index is 1.37. The average molecular weight is 447 g/mol. The highest BCUT2D eigenvalue weighted by atomic mass is 16.2. The molecule has 8 nitrogen and oxygen atoms in total. The fraction of sp³-hybridized carbons (Fsp3) is 0.833. The topological polar surface area (TPSA) is 90.0 Å². The number of rotatable bonds is 4. The first-order valence-corrected chi connectivity index (χ1v) is 12.5. The van der Waals surface area contributed by atoms with Crippen LogP contribution in [0.5, 0.6) is 0 Å².